The molecular weight excluding hydrogens is 278 g/mol. The van der Waals surface area contributed by atoms with Crippen LogP contribution >= 0.6 is 0 Å². The van der Waals surface area contributed by atoms with Crippen LogP contribution in [0.15, 0.2) is 66.0 Å². The Morgan fingerprint density at radius 1 is 1.18 bits per heavy atom. The van der Waals surface area contributed by atoms with Gasteiger partial charge in [0.15, 0.2) is 11.5 Å². The van der Waals surface area contributed by atoms with Crippen molar-refractivity contribution in [3.8, 4) is 11.5 Å². The molecule has 22 heavy (non-hydrogen) atoms. The van der Waals surface area contributed by atoms with E-state index in [4.69, 9.17) is 15.2 Å². The standard InChI is InChI=1S/C17H19N3O2/c1-13(18)20(19-2)15-9-10-16(17(11-15)21-3)22-12-14-7-5-4-6-8-14/h4-11H,1-2,12,18H2,3H3. The molecule has 114 valence electrons. The highest BCUT2D eigenvalue weighted by Gasteiger charge is 2.11. The van der Waals surface area contributed by atoms with Crippen LogP contribution in [0.2, 0.25) is 0 Å². The zero-order valence-corrected chi connectivity index (χ0v) is 12.5. The fraction of sp³-hybridized carbons (Fsp3) is 0.118. The molecule has 2 N–H and O–H groups in total. The van der Waals surface area contributed by atoms with Crippen LogP contribution in [0, 0.1) is 0 Å². The van der Waals surface area contributed by atoms with Crippen molar-refractivity contribution in [3.63, 3.8) is 0 Å². The molecule has 0 amide bonds. The molecule has 0 aliphatic heterocycles. The molecule has 0 heterocycles. The maximum Gasteiger partial charge on any atom is 0.162 e. The largest absolute Gasteiger partial charge is 0.493 e. The van der Waals surface area contributed by atoms with Crippen LogP contribution in [0.1, 0.15) is 5.56 Å². The monoisotopic (exact) mass is 297 g/mol. The number of benzene rings is 2. The second kappa shape index (κ2) is 7.17. The molecule has 0 aliphatic carbocycles. The summed E-state index contributed by atoms with van der Waals surface area (Å²) in [6, 6.07) is 15.3. The SMILES string of the molecule is C=NN(C(=C)N)c1ccc(OCc2ccccc2)c(OC)c1. The second-order valence-electron chi connectivity index (χ2n) is 4.55. The number of nitrogens with zero attached hydrogens (tertiary/aromatic N) is 2. The lowest BCUT2D eigenvalue weighted by Crippen LogP contribution is -2.20. The van der Waals surface area contributed by atoms with Gasteiger partial charge in [-0.1, -0.05) is 36.9 Å². The fourth-order valence-corrected chi connectivity index (χ4v) is 1.98. The van der Waals surface area contributed by atoms with Crippen LogP contribution < -0.4 is 20.2 Å². The molecule has 2 aromatic rings. The van der Waals surface area contributed by atoms with Crippen molar-refractivity contribution in [1.29, 1.82) is 0 Å². The van der Waals surface area contributed by atoms with Gasteiger partial charge in [-0.15, -0.1) is 0 Å². The number of anilines is 1. The van der Waals surface area contributed by atoms with E-state index in [1.54, 1.807) is 19.2 Å². The molecule has 0 saturated heterocycles. The summed E-state index contributed by atoms with van der Waals surface area (Å²) < 4.78 is 11.2. The van der Waals surface area contributed by atoms with Gasteiger partial charge in [-0.25, -0.2) is 5.01 Å². The van der Waals surface area contributed by atoms with Crippen molar-refractivity contribution in [1.82, 2.24) is 0 Å². The van der Waals surface area contributed by atoms with E-state index >= 15 is 0 Å². The van der Waals surface area contributed by atoms with Gasteiger partial charge in [-0.3, -0.25) is 0 Å². The second-order valence-corrected chi connectivity index (χ2v) is 4.55. The summed E-state index contributed by atoms with van der Waals surface area (Å²) in [4.78, 5) is 0. The number of hydrazone groups is 1. The van der Waals surface area contributed by atoms with Gasteiger partial charge in [0, 0.05) is 12.8 Å². The number of methoxy groups -OCH3 is 1. The molecule has 0 bridgehead atoms. The van der Waals surface area contributed by atoms with E-state index in [2.05, 4.69) is 18.4 Å². The zero-order chi connectivity index (χ0) is 15.9. The van der Waals surface area contributed by atoms with Crippen LogP contribution in [-0.4, -0.2) is 13.8 Å². The molecule has 0 aromatic heterocycles. The van der Waals surface area contributed by atoms with Crippen LogP contribution in [-0.2, 0) is 6.61 Å². The van der Waals surface area contributed by atoms with E-state index in [9.17, 15) is 0 Å². The van der Waals surface area contributed by atoms with Gasteiger partial charge in [0.2, 0.25) is 0 Å². The van der Waals surface area contributed by atoms with Gasteiger partial charge in [0.05, 0.1) is 12.8 Å². The number of nitrogens with two attached hydrogens (primary N) is 1. The normalized spacial score (nSPS) is 9.86. The lowest BCUT2D eigenvalue weighted by Gasteiger charge is -2.19. The van der Waals surface area contributed by atoms with E-state index < -0.39 is 0 Å². The number of hydrogen-bond donors (Lipinski definition) is 1. The van der Waals surface area contributed by atoms with Crippen molar-refractivity contribution in [2.24, 2.45) is 10.8 Å². The quantitative estimate of drug-likeness (QED) is 0.630. The van der Waals surface area contributed by atoms with E-state index in [0.717, 1.165) is 5.56 Å². The van der Waals surface area contributed by atoms with Crippen LogP contribution in [0.3, 0.4) is 0 Å². The molecule has 0 saturated carbocycles. The Bertz CT molecular complexity index is 656. The van der Waals surface area contributed by atoms with Crippen LogP contribution in [0.25, 0.3) is 0 Å². The Hall–Kier alpha value is -2.95. The molecule has 0 aliphatic rings. The van der Waals surface area contributed by atoms with Crippen molar-refractivity contribution < 1.29 is 9.47 Å². The minimum atomic E-state index is 0.273. The summed E-state index contributed by atoms with van der Waals surface area (Å²) >= 11 is 0. The molecule has 5 nitrogen and oxygen atoms in total. The highest BCUT2D eigenvalue weighted by atomic mass is 16.5. The molecule has 2 aromatic carbocycles. The predicted molar refractivity (Wildman–Crippen MR) is 89.1 cm³/mol. The minimum absolute atomic E-state index is 0.273. The molecule has 0 fully saturated rings. The van der Waals surface area contributed by atoms with Crippen molar-refractivity contribution in [2.45, 2.75) is 6.61 Å². The summed E-state index contributed by atoms with van der Waals surface area (Å²) in [6.45, 7) is 7.59. The Balaban J connectivity index is 2.19. The van der Waals surface area contributed by atoms with E-state index in [1.807, 2.05) is 36.4 Å². The summed E-state index contributed by atoms with van der Waals surface area (Å²) in [6.07, 6.45) is 0. The first kappa shape index (κ1) is 15.4. The Kier molecular flexibility index (Phi) is 5.03. The third-order valence-corrected chi connectivity index (χ3v) is 3.04. The van der Waals surface area contributed by atoms with Gasteiger partial charge in [0.25, 0.3) is 0 Å². The lowest BCUT2D eigenvalue weighted by molar-refractivity contribution is 0.284. The van der Waals surface area contributed by atoms with Gasteiger partial charge in [0.1, 0.15) is 12.4 Å². The maximum absolute atomic E-state index is 5.80. The van der Waals surface area contributed by atoms with Gasteiger partial charge < -0.3 is 15.2 Å². The van der Waals surface area contributed by atoms with Crippen molar-refractivity contribution >= 4 is 12.4 Å². The van der Waals surface area contributed by atoms with E-state index in [1.165, 1.54) is 5.01 Å². The predicted octanol–water partition coefficient (Wildman–Crippen LogP) is 3.13. The van der Waals surface area contributed by atoms with Crippen molar-refractivity contribution in [3.05, 3.63) is 66.5 Å². The number of rotatable bonds is 7. The molecular formula is C17H19N3O2. The first-order valence-corrected chi connectivity index (χ1v) is 6.71. The summed E-state index contributed by atoms with van der Waals surface area (Å²) in [5.41, 5.74) is 7.45. The first-order valence-electron chi connectivity index (χ1n) is 6.71. The third-order valence-electron chi connectivity index (χ3n) is 3.04. The molecule has 0 atom stereocenters. The van der Waals surface area contributed by atoms with Crippen LogP contribution in [0.5, 0.6) is 11.5 Å². The van der Waals surface area contributed by atoms with Gasteiger partial charge in [-0.05, 0) is 17.7 Å². The van der Waals surface area contributed by atoms with Gasteiger partial charge in [-0.2, -0.15) is 5.10 Å². The average molecular weight is 297 g/mol. The molecule has 0 radical (unpaired) electrons. The molecule has 5 heteroatoms. The number of ether oxygens (including phenoxy) is 2. The van der Waals surface area contributed by atoms with E-state index in [-0.39, 0.29) is 5.82 Å². The minimum Gasteiger partial charge on any atom is -0.493 e. The first-order chi connectivity index (χ1) is 10.7. The highest BCUT2D eigenvalue weighted by molar-refractivity contribution is 5.59. The third kappa shape index (κ3) is 3.58. The molecule has 2 rings (SSSR count). The van der Waals surface area contributed by atoms with Gasteiger partial charge >= 0.3 is 0 Å². The molecule has 0 spiro atoms. The Labute approximate surface area is 130 Å². The topological polar surface area (TPSA) is 60.1 Å². The molecule has 0 unspecified atom stereocenters. The highest BCUT2D eigenvalue weighted by Crippen LogP contribution is 2.33. The summed E-state index contributed by atoms with van der Waals surface area (Å²) in [7, 11) is 1.58. The zero-order valence-electron chi connectivity index (χ0n) is 12.5. The van der Waals surface area contributed by atoms with Crippen LogP contribution in [0.4, 0.5) is 5.69 Å². The lowest BCUT2D eigenvalue weighted by atomic mass is 10.2. The van der Waals surface area contributed by atoms with Crippen molar-refractivity contribution in [2.75, 3.05) is 12.1 Å². The Morgan fingerprint density at radius 3 is 2.50 bits per heavy atom. The number of hydrogen-bond acceptors (Lipinski definition) is 5. The maximum atomic E-state index is 5.80. The average Bonchev–Trinajstić information content (AvgIpc) is 2.54. The smallest absolute Gasteiger partial charge is 0.162 e. The summed E-state index contributed by atoms with van der Waals surface area (Å²) in [5, 5.41) is 5.24. The Morgan fingerprint density at radius 2 is 1.91 bits per heavy atom. The fourth-order valence-electron chi connectivity index (χ4n) is 1.98. The van der Waals surface area contributed by atoms with E-state index in [0.29, 0.717) is 23.8 Å². The summed E-state index contributed by atoms with van der Waals surface area (Å²) in [5.74, 6) is 1.50.